The summed E-state index contributed by atoms with van der Waals surface area (Å²) in [5.41, 5.74) is -0.0276. The molecular weight excluding hydrogens is 228 g/mol. The molecular formula is C13H18N4O. The Bertz CT molecular complexity index is 560. The lowest BCUT2D eigenvalue weighted by atomic mass is 9.86. The lowest BCUT2D eigenvalue weighted by Crippen LogP contribution is -2.51. The average molecular weight is 246 g/mol. The average Bonchev–Trinajstić information content (AvgIpc) is 2.27. The monoisotopic (exact) mass is 246 g/mol. The molecule has 0 amide bonds. The predicted molar refractivity (Wildman–Crippen MR) is 71.3 cm³/mol. The van der Waals surface area contributed by atoms with Gasteiger partial charge in [0, 0.05) is 12.4 Å². The van der Waals surface area contributed by atoms with Gasteiger partial charge in [-0.15, -0.1) is 0 Å². The van der Waals surface area contributed by atoms with Crippen molar-refractivity contribution in [2.45, 2.75) is 38.8 Å². The largest absolute Gasteiger partial charge is 0.388 e. The van der Waals surface area contributed by atoms with Crippen molar-refractivity contribution in [2.75, 3.05) is 5.32 Å². The SMILES string of the molecule is CC(C)(O)C(C)(C)Nc1ccc2nccnc2n1. The zero-order valence-electron chi connectivity index (χ0n) is 11.1. The summed E-state index contributed by atoms with van der Waals surface area (Å²) in [5, 5.41) is 13.3. The Kier molecular flexibility index (Phi) is 2.94. The molecule has 0 spiro atoms. The molecule has 0 aliphatic rings. The first-order valence-electron chi connectivity index (χ1n) is 5.88. The van der Waals surface area contributed by atoms with Gasteiger partial charge in [0.25, 0.3) is 0 Å². The van der Waals surface area contributed by atoms with Crippen LogP contribution in [0.5, 0.6) is 0 Å². The van der Waals surface area contributed by atoms with Crippen LogP contribution in [0.1, 0.15) is 27.7 Å². The van der Waals surface area contributed by atoms with Crippen LogP contribution < -0.4 is 5.32 Å². The highest BCUT2D eigenvalue weighted by molar-refractivity contribution is 5.71. The first-order chi connectivity index (χ1) is 8.29. The van der Waals surface area contributed by atoms with E-state index in [0.717, 1.165) is 5.52 Å². The summed E-state index contributed by atoms with van der Waals surface area (Å²) >= 11 is 0. The molecule has 0 saturated carbocycles. The minimum absolute atomic E-state index is 0.504. The predicted octanol–water partition coefficient (Wildman–Crippen LogP) is 1.99. The molecule has 2 heterocycles. The summed E-state index contributed by atoms with van der Waals surface area (Å²) < 4.78 is 0. The molecule has 0 radical (unpaired) electrons. The number of aliphatic hydroxyl groups is 1. The van der Waals surface area contributed by atoms with Crippen molar-refractivity contribution in [2.24, 2.45) is 0 Å². The van der Waals surface area contributed by atoms with Crippen molar-refractivity contribution >= 4 is 17.0 Å². The Balaban J connectivity index is 2.33. The number of fused-ring (bicyclic) bond motifs is 1. The number of pyridine rings is 1. The standard InChI is InChI=1S/C13H18N4O/c1-12(2,13(3,4)18)17-10-6-5-9-11(16-10)15-8-7-14-9/h5-8,18H,1-4H3,(H,15,16,17). The minimum Gasteiger partial charge on any atom is -0.388 e. The van der Waals surface area contributed by atoms with Crippen LogP contribution in [0.15, 0.2) is 24.5 Å². The maximum Gasteiger partial charge on any atom is 0.180 e. The van der Waals surface area contributed by atoms with Crippen LogP contribution in [0.4, 0.5) is 5.82 Å². The van der Waals surface area contributed by atoms with Gasteiger partial charge >= 0.3 is 0 Å². The molecule has 2 aromatic heterocycles. The molecule has 0 aliphatic carbocycles. The Hall–Kier alpha value is -1.75. The Morgan fingerprint density at radius 1 is 1.06 bits per heavy atom. The molecule has 0 aromatic carbocycles. The number of hydrogen-bond donors (Lipinski definition) is 2. The number of aromatic nitrogens is 3. The van der Waals surface area contributed by atoms with Crippen LogP contribution in [0.25, 0.3) is 11.2 Å². The van der Waals surface area contributed by atoms with E-state index < -0.39 is 11.1 Å². The molecule has 2 aromatic rings. The quantitative estimate of drug-likeness (QED) is 0.866. The zero-order chi connectivity index (χ0) is 13.4. The van der Waals surface area contributed by atoms with E-state index in [4.69, 9.17) is 0 Å². The van der Waals surface area contributed by atoms with Gasteiger partial charge in [-0.3, -0.25) is 4.98 Å². The fraction of sp³-hybridized carbons (Fsp3) is 0.462. The Morgan fingerprint density at radius 2 is 1.72 bits per heavy atom. The van der Waals surface area contributed by atoms with E-state index >= 15 is 0 Å². The molecule has 18 heavy (non-hydrogen) atoms. The lowest BCUT2D eigenvalue weighted by molar-refractivity contribution is 0.0239. The molecule has 0 atom stereocenters. The lowest BCUT2D eigenvalue weighted by Gasteiger charge is -2.38. The molecule has 2 N–H and O–H groups in total. The first kappa shape index (κ1) is 12.7. The second kappa shape index (κ2) is 4.17. The van der Waals surface area contributed by atoms with Gasteiger partial charge in [0.05, 0.1) is 11.1 Å². The summed E-state index contributed by atoms with van der Waals surface area (Å²) in [7, 11) is 0. The van der Waals surface area contributed by atoms with Crippen LogP contribution in [0.2, 0.25) is 0 Å². The molecule has 0 bridgehead atoms. The van der Waals surface area contributed by atoms with E-state index in [-0.39, 0.29) is 0 Å². The number of nitrogens with zero attached hydrogens (tertiary/aromatic N) is 3. The van der Waals surface area contributed by atoms with Crippen molar-refractivity contribution in [3.05, 3.63) is 24.5 Å². The number of hydrogen-bond acceptors (Lipinski definition) is 5. The maximum absolute atomic E-state index is 10.1. The molecule has 5 nitrogen and oxygen atoms in total. The zero-order valence-corrected chi connectivity index (χ0v) is 11.1. The molecule has 96 valence electrons. The van der Waals surface area contributed by atoms with Gasteiger partial charge in [0.1, 0.15) is 11.3 Å². The van der Waals surface area contributed by atoms with E-state index in [1.165, 1.54) is 0 Å². The summed E-state index contributed by atoms with van der Waals surface area (Å²) in [5.74, 6) is 0.676. The second-order valence-corrected chi connectivity index (χ2v) is 5.40. The van der Waals surface area contributed by atoms with Crippen molar-refractivity contribution in [3.63, 3.8) is 0 Å². The van der Waals surface area contributed by atoms with Gasteiger partial charge in [-0.1, -0.05) is 0 Å². The van der Waals surface area contributed by atoms with E-state index in [1.807, 2.05) is 26.0 Å². The van der Waals surface area contributed by atoms with Crippen LogP contribution in [-0.4, -0.2) is 31.2 Å². The van der Waals surface area contributed by atoms with E-state index in [0.29, 0.717) is 11.5 Å². The topological polar surface area (TPSA) is 70.9 Å². The molecule has 0 fully saturated rings. The van der Waals surface area contributed by atoms with Crippen molar-refractivity contribution in [1.82, 2.24) is 15.0 Å². The van der Waals surface area contributed by atoms with Crippen LogP contribution in [0, 0.1) is 0 Å². The highest BCUT2D eigenvalue weighted by Crippen LogP contribution is 2.25. The molecule has 0 saturated heterocycles. The smallest absolute Gasteiger partial charge is 0.180 e. The molecule has 5 heteroatoms. The van der Waals surface area contributed by atoms with Gasteiger partial charge in [0.15, 0.2) is 5.65 Å². The fourth-order valence-corrected chi connectivity index (χ4v) is 1.40. The molecule has 0 aliphatic heterocycles. The summed E-state index contributed by atoms with van der Waals surface area (Å²) in [6.45, 7) is 7.38. The van der Waals surface area contributed by atoms with Crippen molar-refractivity contribution in [1.29, 1.82) is 0 Å². The van der Waals surface area contributed by atoms with E-state index in [9.17, 15) is 5.11 Å². The summed E-state index contributed by atoms with van der Waals surface area (Å²) in [6.07, 6.45) is 3.25. The number of anilines is 1. The van der Waals surface area contributed by atoms with Crippen molar-refractivity contribution in [3.8, 4) is 0 Å². The first-order valence-corrected chi connectivity index (χ1v) is 5.88. The minimum atomic E-state index is -0.869. The molecule has 0 unspecified atom stereocenters. The van der Waals surface area contributed by atoms with Gasteiger partial charge in [-0.2, -0.15) is 0 Å². The Morgan fingerprint density at radius 3 is 2.39 bits per heavy atom. The van der Waals surface area contributed by atoms with Crippen molar-refractivity contribution < 1.29 is 5.11 Å². The normalized spacial score (nSPS) is 12.7. The van der Waals surface area contributed by atoms with E-state index in [1.54, 1.807) is 26.2 Å². The third kappa shape index (κ3) is 2.41. The molecule has 2 rings (SSSR count). The summed E-state index contributed by atoms with van der Waals surface area (Å²) in [4.78, 5) is 12.7. The second-order valence-electron chi connectivity index (χ2n) is 5.40. The third-order valence-corrected chi connectivity index (χ3v) is 3.30. The van der Waals surface area contributed by atoms with Gasteiger partial charge in [-0.25, -0.2) is 9.97 Å². The van der Waals surface area contributed by atoms with Gasteiger partial charge < -0.3 is 10.4 Å². The van der Waals surface area contributed by atoms with Gasteiger partial charge in [0.2, 0.25) is 0 Å². The highest BCUT2D eigenvalue weighted by Gasteiger charge is 2.35. The summed E-state index contributed by atoms with van der Waals surface area (Å²) in [6, 6.07) is 3.70. The van der Waals surface area contributed by atoms with E-state index in [2.05, 4.69) is 20.3 Å². The Labute approximate surface area is 106 Å². The van der Waals surface area contributed by atoms with Crippen LogP contribution >= 0.6 is 0 Å². The number of rotatable bonds is 3. The number of nitrogens with one attached hydrogen (secondary N) is 1. The highest BCUT2D eigenvalue weighted by atomic mass is 16.3. The van der Waals surface area contributed by atoms with Crippen LogP contribution in [0.3, 0.4) is 0 Å². The fourth-order valence-electron chi connectivity index (χ4n) is 1.40. The van der Waals surface area contributed by atoms with Crippen LogP contribution in [-0.2, 0) is 0 Å². The third-order valence-electron chi connectivity index (χ3n) is 3.30. The maximum atomic E-state index is 10.1. The van der Waals surface area contributed by atoms with Gasteiger partial charge in [-0.05, 0) is 39.8 Å².